The average molecular weight is 390 g/mol. The Balaban J connectivity index is 1.88. The molecule has 27 heavy (non-hydrogen) atoms. The van der Waals surface area contributed by atoms with Gasteiger partial charge in [0.2, 0.25) is 11.8 Å². The molecule has 2 aliphatic heterocycles. The highest BCUT2D eigenvalue weighted by molar-refractivity contribution is 5.75. The van der Waals surface area contributed by atoms with E-state index in [-0.39, 0.29) is 31.1 Å². The van der Waals surface area contributed by atoms with Crippen molar-refractivity contribution in [1.82, 2.24) is 20.0 Å². The summed E-state index contributed by atoms with van der Waals surface area (Å²) in [6.45, 7) is 6.33. The molecule has 1 fully saturated rings. The summed E-state index contributed by atoms with van der Waals surface area (Å²) in [5, 5.41) is 5.57. The first-order chi connectivity index (χ1) is 12.4. The number of ether oxygens (including phenoxy) is 2. The van der Waals surface area contributed by atoms with E-state index >= 15 is 0 Å². The topological polar surface area (TPSA) is 87.8 Å². The summed E-state index contributed by atoms with van der Waals surface area (Å²) in [6.07, 6.45) is -5.91. The summed E-state index contributed by atoms with van der Waals surface area (Å²) in [4.78, 5) is 27.1. The molecule has 2 aliphatic rings. The van der Waals surface area contributed by atoms with Crippen LogP contribution in [0.2, 0.25) is 0 Å². The second-order valence-electron chi connectivity index (χ2n) is 7.64. The maximum atomic E-state index is 13.2. The molecule has 0 spiro atoms. The van der Waals surface area contributed by atoms with Gasteiger partial charge in [0.05, 0.1) is 24.7 Å². The lowest BCUT2D eigenvalue weighted by Crippen LogP contribution is -2.46. The zero-order chi connectivity index (χ0) is 20.1. The van der Waals surface area contributed by atoms with Gasteiger partial charge in [-0.05, 0) is 20.8 Å². The molecule has 150 valence electrons. The van der Waals surface area contributed by atoms with Crippen LogP contribution in [0.25, 0.3) is 0 Å². The summed E-state index contributed by atoms with van der Waals surface area (Å²) in [7, 11) is 0. The lowest BCUT2D eigenvalue weighted by Gasteiger charge is -2.28. The average Bonchev–Trinajstić information content (AvgIpc) is 3.05. The predicted molar refractivity (Wildman–Crippen MR) is 85.8 cm³/mol. The monoisotopic (exact) mass is 390 g/mol. The number of fused-ring (bicyclic) bond motifs is 2. The molecule has 3 rings (SSSR count). The van der Waals surface area contributed by atoms with Gasteiger partial charge in [0.25, 0.3) is 0 Å². The Morgan fingerprint density at radius 2 is 1.93 bits per heavy atom. The maximum Gasteiger partial charge on any atom is 0.433 e. The van der Waals surface area contributed by atoms with Crippen LogP contribution in [0.1, 0.15) is 39.0 Å². The van der Waals surface area contributed by atoms with Gasteiger partial charge in [-0.25, -0.2) is 4.79 Å². The number of likely N-dealkylation sites (tertiary alicyclic amines) is 1. The molecule has 0 unspecified atom stereocenters. The number of alkyl halides is 3. The highest BCUT2D eigenvalue weighted by atomic mass is 19.4. The summed E-state index contributed by atoms with van der Waals surface area (Å²) < 4.78 is 50.5. The third-order valence-electron chi connectivity index (χ3n) is 4.40. The Hall–Kier alpha value is -2.46. The molecule has 8 nitrogen and oxygen atoms in total. The van der Waals surface area contributed by atoms with E-state index in [0.717, 1.165) is 0 Å². The van der Waals surface area contributed by atoms with Crippen molar-refractivity contribution in [3.8, 4) is 5.88 Å². The van der Waals surface area contributed by atoms with Gasteiger partial charge in [-0.1, -0.05) is 0 Å². The van der Waals surface area contributed by atoms with Crippen molar-refractivity contribution in [3.05, 3.63) is 11.3 Å². The minimum absolute atomic E-state index is 0.0804. The van der Waals surface area contributed by atoms with Crippen molar-refractivity contribution in [1.29, 1.82) is 0 Å². The van der Waals surface area contributed by atoms with E-state index in [4.69, 9.17) is 9.47 Å². The molecule has 11 heteroatoms. The first-order valence-corrected chi connectivity index (χ1v) is 8.43. The van der Waals surface area contributed by atoms with Crippen molar-refractivity contribution in [2.75, 3.05) is 13.1 Å². The fraction of sp³-hybridized carbons (Fsp3) is 0.688. The van der Waals surface area contributed by atoms with Crippen LogP contribution in [0.5, 0.6) is 5.88 Å². The minimum atomic E-state index is -4.64. The van der Waals surface area contributed by atoms with E-state index in [9.17, 15) is 22.8 Å². The van der Waals surface area contributed by atoms with Crippen molar-refractivity contribution < 1.29 is 32.2 Å². The summed E-state index contributed by atoms with van der Waals surface area (Å²) in [5.74, 6) is -0.617. The smallest absolute Gasteiger partial charge is 0.433 e. The molecule has 0 aromatic carbocycles. The molecule has 0 radical (unpaired) electrons. The van der Waals surface area contributed by atoms with E-state index in [1.807, 2.05) is 5.10 Å². The Kier molecular flexibility index (Phi) is 4.51. The number of carbonyl (C=O) groups excluding carboxylic acids is 2. The standard InChI is InChI=1S/C16H21F3N4O4/c1-8(24)23-5-9-12(16(17,18)19)20-21-13(9)26-11-7-22(6-10(11)23)14(25)27-15(2,3)4/h10-11H,5-7H2,1-4H3,(H,20,21)/t10-,11-/m1/s1. The SMILES string of the molecule is CC(=O)N1Cc2c(n[nH]c2C(F)(F)F)O[C@@H]2CN(C(=O)OC(C)(C)C)C[C@H]21. The number of hydrogen-bond acceptors (Lipinski definition) is 5. The summed E-state index contributed by atoms with van der Waals surface area (Å²) in [6, 6.07) is -0.592. The molecular weight excluding hydrogens is 369 g/mol. The van der Waals surface area contributed by atoms with Gasteiger partial charge >= 0.3 is 12.3 Å². The molecular formula is C16H21F3N4O4. The third-order valence-corrected chi connectivity index (χ3v) is 4.40. The van der Waals surface area contributed by atoms with E-state index in [1.165, 1.54) is 16.7 Å². The van der Waals surface area contributed by atoms with Gasteiger partial charge in [-0.3, -0.25) is 9.89 Å². The number of halogens is 3. The Morgan fingerprint density at radius 3 is 2.48 bits per heavy atom. The van der Waals surface area contributed by atoms with Crippen LogP contribution in [0.3, 0.4) is 0 Å². The molecule has 0 bridgehead atoms. The van der Waals surface area contributed by atoms with Crippen LogP contribution in [0, 0.1) is 0 Å². The molecule has 1 aromatic heterocycles. The number of aromatic nitrogens is 2. The number of nitrogens with one attached hydrogen (secondary N) is 1. The van der Waals surface area contributed by atoms with Crippen LogP contribution in [-0.2, 0) is 22.3 Å². The van der Waals surface area contributed by atoms with Gasteiger partial charge in [0, 0.05) is 13.5 Å². The number of hydrogen-bond donors (Lipinski definition) is 1. The second kappa shape index (κ2) is 6.31. The van der Waals surface area contributed by atoms with Gasteiger partial charge < -0.3 is 19.3 Å². The molecule has 0 aliphatic carbocycles. The molecule has 1 saturated heterocycles. The van der Waals surface area contributed by atoms with Crippen molar-refractivity contribution in [3.63, 3.8) is 0 Å². The Bertz CT molecular complexity index is 756. The van der Waals surface area contributed by atoms with E-state index in [0.29, 0.717) is 0 Å². The zero-order valence-electron chi connectivity index (χ0n) is 15.4. The van der Waals surface area contributed by atoms with E-state index in [1.54, 1.807) is 20.8 Å². The quantitative estimate of drug-likeness (QED) is 0.734. The predicted octanol–water partition coefficient (Wildman–Crippen LogP) is 2.16. The lowest BCUT2D eigenvalue weighted by molar-refractivity contribution is -0.143. The summed E-state index contributed by atoms with van der Waals surface area (Å²) in [5.41, 5.74) is -1.94. The molecule has 1 N–H and O–H groups in total. The van der Waals surface area contributed by atoms with Gasteiger partial charge in [-0.15, -0.1) is 5.10 Å². The fourth-order valence-electron chi connectivity index (χ4n) is 3.25. The minimum Gasteiger partial charge on any atom is -0.469 e. The molecule has 0 saturated carbocycles. The first-order valence-electron chi connectivity index (χ1n) is 8.43. The fourth-order valence-corrected chi connectivity index (χ4v) is 3.25. The molecule has 1 aromatic rings. The maximum absolute atomic E-state index is 13.2. The highest BCUT2D eigenvalue weighted by Gasteiger charge is 2.47. The molecule has 2 atom stereocenters. The van der Waals surface area contributed by atoms with Gasteiger partial charge in [-0.2, -0.15) is 13.2 Å². The number of H-pyrrole nitrogens is 1. The Labute approximate surface area is 153 Å². The van der Waals surface area contributed by atoms with Crippen LogP contribution in [0.4, 0.5) is 18.0 Å². The van der Waals surface area contributed by atoms with Crippen LogP contribution in [0.15, 0.2) is 0 Å². The van der Waals surface area contributed by atoms with E-state index < -0.39 is 41.6 Å². The second-order valence-corrected chi connectivity index (χ2v) is 7.64. The van der Waals surface area contributed by atoms with Crippen LogP contribution in [-0.4, -0.2) is 62.8 Å². The normalized spacial score (nSPS) is 22.6. The van der Waals surface area contributed by atoms with Crippen LogP contribution < -0.4 is 4.74 Å². The third kappa shape index (κ3) is 3.81. The zero-order valence-corrected chi connectivity index (χ0v) is 15.4. The van der Waals surface area contributed by atoms with Gasteiger partial charge in [0.15, 0.2) is 0 Å². The van der Waals surface area contributed by atoms with Crippen molar-refractivity contribution in [2.24, 2.45) is 0 Å². The number of carbonyl (C=O) groups is 2. The Morgan fingerprint density at radius 1 is 1.26 bits per heavy atom. The first kappa shape index (κ1) is 19.3. The van der Waals surface area contributed by atoms with Crippen molar-refractivity contribution in [2.45, 2.75) is 58.2 Å². The highest BCUT2D eigenvalue weighted by Crippen LogP contribution is 2.38. The number of nitrogens with zero attached hydrogens (tertiary/aromatic N) is 3. The van der Waals surface area contributed by atoms with Crippen LogP contribution >= 0.6 is 0 Å². The largest absolute Gasteiger partial charge is 0.469 e. The van der Waals surface area contributed by atoms with Gasteiger partial charge in [0.1, 0.15) is 17.4 Å². The van der Waals surface area contributed by atoms with Crippen molar-refractivity contribution >= 4 is 12.0 Å². The lowest BCUT2D eigenvalue weighted by atomic mass is 10.1. The number of rotatable bonds is 0. The molecule has 2 amide bonds. The van der Waals surface area contributed by atoms with E-state index in [2.05, 4.69) is 5.10 Å². The molecule has 3 heterocycles. The number of aromatic amines is 1. The number of amides is 2. The summed E-state index contributed by atoms with van der Waals surface area (Å²) >= 11 is 0.